The second kappa shape index (κ2) is 8.04. The number of ketones is 1. The molecule has 0 N–H and O–H groups in total. The minimum absolute atomic E-state index is 0.0923. The molecule has 3 aliphatic carbocycles. The highest BCUT2D eigenvalue weighted by molar-refractivity contribution is 7.12. The molecule has 1 heterocycles. The molecule has 4 heteroatoms. The monoisotopic (exact) mass is 414 g/mol. The Balaban J connectivity index is 1.35. The average Bonchev–Trinajstić information content (AvgIpc) is 3.44. The van der Waals surface area contributed by atoms with Gasteiger partial charge in [-0.3, -0.25) is 4.79 Å². The first kappa shape index (κ1) is 19.0. The van der Waals surface area contributed by atoms with E-state index in [1.807, 2.05) is 29.7 Å². The standard InChI is InChI=1S/C26H22O3S/c27-25(24-14-7-15-30-24)21-12-5-6-13-22(21)26(28)29-16-23-19-10-3-1-8-17(19)18-9-2-4-11-20(18)23/h1-3,7-10,12-15,23H,4-6,11,16H2. The molecule has 1 aromatic heterocycles. The fourth-order valence-electron chi connectivity index (χ4n) is 4.59. The van der Waals surface area contributed by atoms with Crippen molar-refractivity contribution in [3.63, 3.8) is 0 Å². The highest BCUT2D eigenvalue weighted by Gasteiger charge is 2.32. The zero-order valence-electron chi connectivity index (χ0n) is 16.6. The van der Waals surface area contributed by atoms with E-state index < -0.39 is 5.97 Å². The van der Waals surface area contributed by atoms with Crippen molar-refractivity contribution in [3.8, 4) is 0 Å². The Labute approximate surface area is 180 Å². The van der Waals surface area contributed by atoms with Crippen molar-refractivity contribution in [2.24, 2.45) is 0 Å². The molecule has 0 bridgehead atoms. The van der Waals surface area contributed by atoms with Crippen molar-refractivity contribution in [2.75, 3.05) is 6.61 Å². The highest BCUT2D eigenvalue weighted by atomic mass is 32.1. The molecule has 5 rings (SSSR count). The lowest BCUT2D eigenvalue weighted by Crippen LogP contribution is -2.19. The lowest BCUT2D eigenvalue weighted by Gasteiger charge is -2.20. The lowest BCUT2D eigenvalue weighted by atomic mass is 9.91. The quantitative estimate of drug-likeness (QED) is 0.444. The van der Waals surface area contributed by atoms with Gasteiger partial charge in [0, 0.05) is 11.5 Å². The minimum atomic E-state index is -0.399. The number of benzene rings is 1. The summed E-state index contributed by atoms with van der Waals surface area (Å²) in [4.78, 5) is 26.5. The third-order valence-corrected chi connectivity index (χ3v) is 6.87. The Hall–Kier alpha value is -2.98. The number of hydrogen-bond acceptors (Lipinski definition) is 4. The molecule has 3 aliphatic rings. The summed E-state index contributed by atoms with van der Waals surface area (Å²) in [5, 5.41) is 1.87. The maximum Gasteiger partial charge on any atom is 0.338 e. The summed E-state index contributed by atoms with van der Waals surface area (Å²) in [7, 11) is 0. The van der Waals surface area contributed by atoms with Gasteiger partial charge in [-0.15, -0.1) is 11.3 Å². The Morgan fingerprint density at radius 1 is 1.00 bits per heavy atom. The maximum atomic E-state index is 13.0. The van der Waals surface area contributed by atoms with Gasteiger partial charge >= 0.3 is 5.97 Å². The molecule has 1 atom stereocenters. The summed E-state index contributed by atoms with van der Waals surface area (Å²) in [6.07, 6.45) is 11.7. The van der Waals surface area contributed by atoms with Crippen LogP contribution >= 0.6 is 11.3 Å². The van der Waals surface area contributed by atoms with Gasteiger partial charge < -0.3 is 4.74 Å². The number of rotatable bonds is 5. The molecular weight excluding hydrogens is 392 g/mol. The van der Waals surface area contributed by atoms with Crippen LogP contribution < -0.4 is 0 Å². The molecule has 0 saturated carbocycles. The zero-order valence-corrected chi connectivity index (χ0v) is 17.4. The third-order valence-electron chi connectivity index (χ3n) is 6.00. The first-order valence-corrected chi connectivity index (χ1v) is 11.3. The first-order valence-electron chi connectivity index (χ1n) is 10.4. The maximum absolute atomic E-state index is 13.0. The Morgan fingerprint density at radius 2 is 1.83 bits per heavy atom. The molecule has 1 aromatic carbocycles. The number of ether oxygens (including phenoxy) is 1. The second-order valence-electron chi connectivity index (χ2n) is 7.74. The summed E-state index contributed by atoms with van der Waals surface area (Å²) in [6.45, 7) is 0.306. The zero-order chi connectivity index (χ0) is 20.5. The number of carbonyl (C=O) groups excluding carboxylic acids is 2. The fraction of sp³-hybridized carbons (Fsp3) is 0.231. The van der Waals surface area contributed by atoms with Gasteiger partial charge in [0.2, 0.25) is 5.78 Å². The van der Waals surface area contributed by atoms with Crippen LogP contribution in [-0.4, -0.2) is 18.4 Å². The van der Waals surface area contributed by atoms with Gasteiger partial charge in [-0.2, -0.15) is 0 Å². The molecule has 0 fully saturated rings. The largest absolute Gasteiger partial charge is 0.461 e. The Bertz CT molecular complexity index is 1130. The van der Waals surface area contributed by atoms with E-state index in [4.69, 9.17) is 4.74 Å². The van der Waals surface area contributed by atoms with Gasteiger partial charge in [-0.1, -0.05) is 60.2 Å². The Kier molecular flexibility index (Phi) is 5.09. The van der Waals surface area contributed by atoms with Gasteiger partial charge in [-0.25, -0.2) is 4.79 Å². The summed E-state index contributed by atoms with van der Waals surface area (Å²) < 4.78 is 5.81. The summed E-state index contributed by atoms with van der Waals surface area (Å²) in [5.74, 6) is -0.403. The van der Waals surface area contributed by atoms with E-state index in [0.29, 0.717) is 22.6 Å². The van der Waals surface area contributed by atoms with E-state index in [1.165, 1.54) is 33.6 Å². The van der Waals surface area contributed by atoms with Crippen LogP contribution in [-0.2, 0) is 9.53 Å². The predicted octanol–water partition coefficient (Wildman–Crippen LogP) is 6.02. The van der Waals surface area contributed by atoms with E-state index in [1.54, 1.807) is 6.07 Å². The van der Waals surface area contributed by atoms with Crippen LogP contribution in [0.1, 0.15) is 52.4 Å². The van der Waals surface area contributed by atoms with Crippen LogP contribution in [0.3, 0.4) is 0 Å². The van der Waals surface area contributed by atoms with Crippen LogP contribution in [0.25, 0.3) is 5.57 Å². The van der Waals surface area contributed by atoms with Crippen LogP contribution in [0.2, 0.25) is 0 Å². The molecule has 2 aromatic rings. The molecule has 150 valence electrons. The van der Waals surface area contributed by atoms with E-state index >= 15 is 0 Å². The van der Waals surface area contributed by atoms with Crippen molar-refractivity contribution < 1.29 is 14.3 Å². The fourth-order valence-corrected chi connectivity index (χ4v) is 5.27. The molecule has 3 nitrogen and oxygen atoms in total. The minimum Gasteiger partial charge on any atom is -0.461 e. The first-order chi connectivity index (χ1) is 14.7. The second-order valence-corrected chi connectivity index (χ2v) is 8.69. The van der Waals surface area contributed by atoms with E-state index in [0.717, 1.165) is 25.7 Å². The van der Waals surface area contributed by atoms with Crippen LogP contribution in [0.15, 0.2) is 82.8 Å². The smallest absolute Gasteiger partial charge is 0.338 e. The van der Waals surface area contributed by atoms with E-state index in [9.17, 15) is 9.59 Å². The van der Waals surface area contributed by atoms with Crippen molar-refractivity contribution in [3.05, 3.63) is 98.8 Å². The van der Waals surface area contributed by atoms with Gasteiger partial charge in [0.15, 0.2) is 0 Å². The molecule has 0 saturated heterocycles. The SMILES string of the molecule is O=C(OCC1C2=C(C=CCC2)c2ccccc21)C1=CCCC=C1C(=O)c1cccs1. The molecule has 30 heavy (non-hydrogen) atoms. The summed E-state index contributed by atoms with van der Waals surface area (Å²) in [6, 6.07) is 12.0. The predicted molar refractivity (Wildman–Crippen MR) is 119 cm³/mol. The van der Waals surface area contributed by atoms with Gasteiger partial charge in [0.1, 0.15) is 6.61 Å². The van der Waals surface area contributed by atoms with Gasteiger partial charge in [0.25, 0.3) is 0 Å². The summed E-state index contributed by atoms with van der Waals surface area (Å²) >= 11 is 1.39. The van der Waals surface area contributed by atoms with Crippen molar-refractivity contribution in [1.82, 2.24) is 0 Å². The normalized spacial score (nSPS) is 19.7. The summed E-state index contributed by atoms with van der Waals surface area (Å²) in [5.41, 5.74) is 5.99. The Morgan fingerprint density at radius 3 is 2.67 bits per heavy atom. The molecule has 0 aliphatic heterocycles. The topological polar surface area (TPSA) is 43.4 Å². The van der Waals surface area contributed by atoms with E-state index in [-0.39, 0.29) is 11.7 Å². The van der Waals surface area contributed by atoms with Gasteiger partial charge in [0.05, 0.1) is 10.5 Å². The number of carbonyl (C=O) groups is 2. The lowest BCUT2D eigenvalue weighted by molar-refractivity contribution is -0.139. The molecular formula is C26H22O3S. The molecule has 0 amide bonds. The van der Waals surface area contributed by atoms with Crippen LogP contribution in [0, 0.1) is 0 Å². The number of Topliss-reactive ketones (excluding diaryl/α,β-unsaturated/α-hetero) is 1. The van der Waals surface area contributed by atoms with Crippen molar-refractivity contribution >= 4 is 28.7 Å². The highest BCUT2D eigenvalue weighted by Crippen LogP contribution is 2.46. The molecule has 0 spiro atoms. The number of allylic oxidation sites excluding steroid dienone is 5. The number of esters is 1. The van der Waals surface area contributed by atoms with Crippen LogP contribution in [0.4, 0.5) is 0 Å². The van der Waals surface area contributed by atoms with Crippen LogP contribution in [0.5, 0.6) is 0 Å². The average molecular weight is 415 g/mol. The number of fused-ring (bicyclic) bond motifs is 2. The molecule has 0 radical (unpaired) electrons. The number of hydrogen-bond donors (Lipinski definition) is 0. The van der Waals surface area contributed by atoms with E-state index in [2.05, 4.69) is 30.4 Å². The van der Waals surface area contributed by atoms with Crippen molar-refractivity contribution in [1.29, 1.82) is 0 Å². The number of thiophene rings is 1. The van der Waals surface area contributed by atoms with Crippen molar-refractivity contribution in [2.45, 2.75) is 31.6 Å². The molecule has 1 unspecified atom stereocenters. The third kappa shape index (κ3) is 3.31. The van der Waals surface area contributed by atoms with Gasteiger partial charge in [-0.05, 0) is 53.8 Å².